The van der Waals surface area contributed by atoms with Crippen LogP contribution in [0.15, 0.2) is 59.7 Å². The van der Waals surface area contributed by atoms with Crippen LogP contribution in [0.4, 0.5) is 0 Å². The number of guanidine groups is 1. The molecule has 0 amide bonds. The number of aliphatic imine (C=N–C) groups is 1. The highest BCUT2D eigenvalue weighted by Gasteiger charge is 2.21. The van der Waals surface area contributed by atoms with Crippen molar-refractivity contribution in [2.45, 2.75) is 5.92 Å². The highest BCUT2D eigenvalue weighted by Crippen LogP contribution is 2.33. The average molecular weight is 339 g/mol. The number of H-pyrrole nitrogens is 1. The Hall–Kier alpha value is -2.46. The molecular formula is C19H19ClN4. The SMILES string of the molecule is Clc1ccccc1[C@@H](CNC1=NCCN1)c1c[nH]c2ccccc12. The predicted molar refractivity (Wildman–Crippen MR) is 99.9 cm³/mol. The largest absolute Gasteiger partial charge is 0.361 e. The lowest BCUT2D eigenvalue weighted by molar-refractivity contribution is 0.749. The minimum Gasteiger partial charge on any atom is -0.361 e. The monoisotopic (exact) mass is 338 g/mol. The predicted octanol–water partition coefficient (Wildman–Crippen LogP) is 3.50. The second kappa shape index (κ2) is 6.57. The van der Waals surface area contributed by atoms with Crippen molar-refractivity contribution in [3.63, 3.8) is 0 Å². The van der Waals surface area contributed by atoms with Crippen LogP contribution in [0.1, 0.15) is 17.0 Å². The Balaban J connectivity index is 1.73. The molecule has 0 bridgehead atoms. The van der Waals surface area contributed by atoms with Gasteiger partial charge in [0.05, 0.1) is 6.54 Å². The summed E-state index contributed by atoms with van der Waals surface area (Å²) in [6, 6.07) is 16.4. The van der Waals surface area contributed by atoms with Crippen molar-refractivity contribution in [3.05, 3.63) is 70.9 Å². The summed E-state index contributed by atoms with van der Waals surface area (Å²) < 4.78 is 0. The molecule has 1 atom stereocenters. The van der Waals surface area contributed by atoms with Gasteiger partial charge in [0, 0.05) is 41.1 Å². The van der Waals surface area contributed by atoms with Crippen molar-refractivity contribution in [1.82, 2.24) is 15.6 Å². The minimum atomic E-state index is 0.139. The highest BCUT2D eigenvalue weighted by molar-refractivity contribution is 6.31. The van der Waals surface area contributed by atoms with E-state index < -0.39 is 0 Å². The molecule has 0 aliphatic carbocycles. The topological polar surface area (TPSA) is 52.2 Å². The van der Waals surface area contributed by atoms with Gasteiger partial charge in [-0.2, -0.15) is 0 Å². The Bertz CT molecular complexity index is 884. The van der Waals surface area contributed by atoms with E-state index in [9.17, 15) is 0 Å². The first-order valence-corrected chi connectivity index (χ1v) is 8.53. The first kappa shape index (κ1) is 15.1. The third kappa shape index (κ3) is 2.85. The van der Waals surface area contributed by atoms with E-state index in [4.69, 9.17) is 11.6 Å². The van der Waals surface area contributed by atoms with E-state index in [-0.39, 0.29) is 5.92 Å². The fourth-order valence-corrected chi connectivity index (χ4v) is 3.51. The van der Waals surface area contributed by atoms with Gasteiger partial charge < -0.3 is 15.6 Å². The Morgan fingerprint density at radius 3 is 2.75 bits per heavy atom. The number of para-hydroxylation sites is 1. The molecule has 122 valence electrons. The van der Waals surface area contributed by atoms with Crippen molar-refractivity contribution in [2.24, 2.45) is 4.99 Å². The van der Waals surface area contributed by atoms with Crippen molar-refractivity contribution in [3.8, 4) is 0 Å². The molecule has 0 spiro atoms. The van der Waals surface area contributed by atoms with Crippen molar-refractivity contribution in [2.75, 3.05) is 19.6 Å². The van der Waals surface area contributed by atoms with Gasteiger partial charge in [-0.1, -0.05) is 48.0 Å². The third-order valence-corrected chi connectivity index (χ3v) is 4.77. The molecule has 4 rings (SSSR count). The van der Waals surface area contributed by atoms with Gasteiger partial charge in [0.25, 0.3) is 0 Å². The number of benzene rings is 2. The molecule has 24 heavy (non-hydrogen) atoms. The quantitative estimate of drug-likeness (QED) is 0.682. The summed E-state index contributed by atoms with van der Waals surface area (Å²) in [7, 11) is 0. The summed E-state index contributed by atoms with van der Waals surface area (Å²) in [5.41, 5.74) is 3.50. The normalized spacial score (nSPS) is 15.1. The molecule has 2 heterocycles. The van der Waals surface area contributed by atoms with Crippen LogP contribution in [0.2, 0.25) is 5.02 Å². The number of aromatic amines is 1. The summed E-state index contributed by atoms with van der Waals surface area (Å²) in [5, 5.41) is 8.70. The standard InChI is InChI=1S/C19H19ClN4/c20-17-7-3-1-5-13(17)15(12-24-19-21-9-10-22-19)16-11-23-18-8-4-2-6-14(16)18/h1-8,11,15,23H,9-10,12H2,(H2,21,22,24)/t15-/m1/s1. The maximum Gasteiger partial charge on any atom is 0.191 e. The van der Waals surface area contributed by atoms with Crippen molar-refractivity contribution < 1.29 is 0 Å². The molecule has 3 aromatic rings. The van der Waals surface area contributed by atoms with E-state index in [1.165, 1.54) is 10.9 Å². The number of nitrogens with one attached hydrogen (secondary N) is 3. The number of aromatic nitrogens is 1. The van der Waals surface area contributed by atoms with Crippen LogP contribution in [0, 0.1) is 0 Å². The summed E-state index contributed by atoms with van der Waals surface area (Å²) in [4.78, 5) is 7.79. The first-order valence-electron chi connectivity index (χ1n) is 8.15. The molecule has 0 unspecified atom stereocenters. The fraction of sp³-hybridized carbons (Fsp3) is 0.211. The van der Waals surface area contributed by atoms with E-state index in [2.05, 4.69) is 51.1 Å². The molecule has 0 radical (unpaired) electrons. The maximum absolute atomic E-state index is 6.50. The molecule has 0 saturated heterocycles. The van der Waals surface area contributed by atoms with E-state index in [0.717, 1.165) is 41.7 Å². The average Bonchev–Trinajstić information content (AvgIpc) is 3.27. The Morgan fingerprint density at radius 1 is 1.08 bits per heavy atom. The van der Waals surface area contributed by atoms with Crippen LogP contribution in [0.25, 0.3) is 10.9 Å². The van der Waals surface area contributed by atoms with Gasteiger partial charge in [0.15, 0.2) is 5.96 Å². The zero-order valence-corrected chi connectivity index (χ0v) is 14.0. The first-order chi connectivity index (χ1) is 11.8. The Morgan fingerprint density at radius 2 is 1.92 bits per heavy atom. The summed E-state index contributed by atoms with van der Waals surface area (Å²) in [5.74, 6) is 1.01. The van der Waals surface area contributed by atoms with Gasteiger partial charge in [0.2, 0.25) is 0 Å². The van der Waals surface area contributed by atoms with Gasteiger partial charge in [-0.25, -0.2) is 0 Å². The Labute approximate surface area is 145 Å². The van der Waals surface area contributed by atoms with E-state index in [1.807, 2.05) is 24.3 Å². The zero-order chi connectivity index (χ0) is 16.4. The smallest absolute Gasteiger partial charge is 0.191 e. The van der Waals surface area contributed by atoms with Crippen LogP contribution in [-0.2, 0) is 0 Å². The minimum absolute atomic E-state index is 0.139. The number of hydrogen-bond acceptors (Lipinski definition) is 3. The van der Waals surface area contributed by atoms with E-state index >= 15 is 0 Å². The molecule has 3 N–H and O–H groups in total. The Kier molecular flexibility index (Phi) is 4.13. The van der Waals surface area contributed by atoms with Gasteiger partial charge in [0.1, 0.15) is 0 Å². The van der Waals surface area contributed by atoms with Gasteiger partial charge in [-0.3, -0.25) is 4.99 Å². The lowest BCUT2D eigenvalue weighted by atomic mass is 9.91. The maximum atomic E-state index is 6.50. The van der Waals surface area contributed by atoms with Crippen LogP contribution in [0.5, 0.6) is 0 Å². The van der Waals surface area contributed by atoms with Gasteiger partial charge >= 0.3 is 0 Å². The molecule has 0 saturated carbocycles. The molecular weight excluding hydrogens is 320 g/mol. The van der Waals surface area contributed by atoms with E-state index in [0.29, 0.717) is 0 Å². The van der Waals surface area contributed by atoms with Crippen LogP contribution in [-0.4, -0.2) is 30.6 Å². The molecule has 1 aliphatic rings. The molecule has 1 aliphatic heterocycles. The zero-order valence-electron chi connectivity index (χ0n) is 13.2. The van der Waals surface area contributed by atoms with Crippen LogP contribution >= 0.6 is 11.6 Å². The number of rotatable bonds is 4. The lowest BCUT2D eigenvalue weighted by Gasteiger charge is -2.20. The number of fused-ring (bicyclic) bond motifs is 1. The van der Waals surface area contributed by atoms with Gasteiger partial charge in [-0.15, -0.1) is 0 Å². The molecule has 1 aromatic heterocycles. The number of hydrogen-bond donors (Lipinski definition) is 3. The third-order valence-electron chi connectivity index (χ3n) is 4.43. The van der Waals surface area contributed by atoms with Crippen LogP contribution in [0.3, 0.4) is 0 Å². The second-order valence-electron chi connectivity index (χ2n) is 5.90. The number of halogens is 1. The van der Waals surface area contributed by atoms with E-state index in [1.54, 1.807) is 0 Å². The van der Waals surface area contributed by atoms with Crippen LogP contribution < -0.4 is 10.6 Å². The molecule has 0 fully saturated rings. The van der Waals surface area contributed by atoms with Crippen molar-refractivity contribution in [1.29, 1.82) is 0 Å². The fourth-order valence-electron chi connectivity index (χ4n) is 3.24. The lowest BCUT2D eigenvalue weighted by Crippen LogP contribution is -2.36. The molecule has 2 aromatic carbocycles. The molecule has 4 nitrogen and oxygen atoms in total. The highest BCUT2D eigenvalue weighted by atomic mass is 35.5. The molecule has 5 heteroatoms. The summed E-state index contributed by atoms with van der Waals surface area (Å²) >= 11 is 6.50. The summed E-state index contributed by atoms with van der Waals surface area (Å²) in [6.45, 7) is 2.45. The van der Waals surface area contributed by atoms with Crippen molar-refractivity contribution >= 4 is 28.5 Å². The van der Waals surface area contributed by atoms with Gasteiger partial charge in [-0.05, 0) is 23.3 Å². The number of nitrogens with zero attached hydrogens (tertiary/aromatic N) is 1. The second-order valence-corrected chi connectivity index (χ2v) is 6.31. The summed E-state index contributed by atoms with van der Waals surface area (Å²) in [6.07, 6.45) is 2.09.